The molecule has 0 aliphatic heterocycles. The third-order valence-corrected chi connectivity index (χ3v) is 4.81. The molecule has 0 spiro atoms. The molecule has 1 aromatic carbocycles. The van der Waals surface area contributed by atoms with Crippen molar-refractivity contribution in [2.75, 3.05) is 12.4 Å². The highest BCUT2D eigenvalue weighted by Crippen LogP contribution is 2.28. The minimum atomic E-state index is -0.0955. The van der Waals surface area contributed by atoms with Gasteiger partial charge in [0.15, 0.2) is 0 Å². The molecule has 5 heteroatoms. The van der Waals surface area contributed by atoms with E-state index >= 15 is 0 Å². The molecule has 1 fully saturated rings. The first-order valence-electron chi connectivity index (χ1n) is 7.46. The van der Waals surface area contributed by atoms with Gasteiger partial charge in [-0.25, -0.2) is 0 Å². The van der Waals surface area contributed by atoms with Gasteiger partial charge in [0.1, 0.15) is 0 Å². The lowest BCUT2D eigenvalue weighted by molar-refractivity contribution is -0.120. The van der Waals surface area contributed by atoms with Crippen molar-refractivity contribution in [2.45, 2.75) is 44.8 Å². The van der Waals surface area contributed by atoms with Crippen molar-refractivity contribution in [2.24, 2.45) is 11.7 Å². The Kier molecular flexibility index (Phi) is 6.21. The van der Waals surface area contributed by atoms with Crippen molar-refractivity contribution in [3.63, 3.8) is 0 Å². The number of hydrogen-bond donors (Lipinski definition) is 2. The lowest BCUT2D eigenvalue weighted by atomic mass is 9.94. The largest absolute Gasteiger partial charge is 0.380 e. The number of carbonyl (C=O) groups is 1. The van der Waals surface area contributed by atoms with Crippen LogP contribution >= 0.6 is 15.9 Å². The van der Waals surface area contributed by atoms with Crippen LogP contribution in [0.25, 0.3) is 0 Å². The molecule has 0 saturated heterocycles. The highest BCUT2D eigenvalue weighted by atomic mass is 79.9. The van der Waals surface area contributed by atoms with Crippen LogP contribution in [0.2, 0.25) is 0 Å². The summed E-state index contributed by atoms with van der Waals surface area (Å²) in [5.74, 6) is -0.0678. The molecule has 0 bridgehead atoms. The average Bonchev–Trinajstić information content (AvgIpc) is 2.67. The number of hydrogen-bond acceptors (Lipinski definition) is 3. The number of methoxy groups -OCH3 is 1. The van der Waals surface area contributed by atoms with Crippen LogP contribution in [-0.2, 0) is 16.1 Å². The Morgan fingerprint density at radius 3 is 2.90 bits per heavy atom. The van der Waals surface area contributed by atoms with E-state index in [-0.39, 0.29) is 17.9 Å². The van der Waals surface area contributed by atoms with Crippen LogP contribution in [0, 0.1) is 5.92 Å². The van der Waals surface area contributed by atoms with E-state index in [1.165, 1.54) is 6.42 Å². The van der Waals surface area contributed by atoms with Crippen LogP contribution in [0.4, 0.5) is 5.69 Å². The van der Waals surface area contributed by atoms with Crippen LogP contribution in [0.5, 0.6) is 0 Å². The standard InChI is InChI=1S/C16H23BrN2O2/c1-21-10-12-13(17)7-5-9-15(12)19-16(20)11-6-3-2-4-8-14(11)18/h5,7,9,11,14H,2-4,6,8,10,18H2,1H3,(H,19,20). The van der Waals surface area contributed by atoms with Gasteiger partial charge in [-0.05, 0) is 25.0 Å². The molecule has 0 radical (unpaired) electrons. The minimum Gasteiger partial charge on any atom is -0.380 e. The molecule has 0 aromatic heterocycles. The molecule has 0 heterocycles. The van der Waals surface area contributed by atoms with Crippen molar-refractivity contribution >= 4 is 27.5 Å². The molecule has 21 heavy (non-hydrogen) atoms. The van der Waals surface area contributed by atoms with E-state index in [1.54, 1.807) is 7.11 Å². The molecule has 1 aromatic rings. The summed E-state index contributed by atoms with van der Waals surface area (Å²) in [4.78, 5) is 12.6. The predicted octanol–water partition coefficient (Wildman–Crippen LogP) is 3.44. The van der Waals surface area contributed by atoms with Gasteiger partial charge in [-0.2, -0.15) is 0 Å². The van der Waals surface area contributed by atoms with Gasteiger partial charge in [0.2, 0.25) is 5.91 Å². The molecular weight excluding hydrogens is 332 g/mol. The van der Waals surface area contributed by atoms with Crippen molar-refractivity contribution in [3.05, 3.63) is 28.2 Å². The number of amides is 1. The fourth-order valence-corrected chi connectivity index (χ4v) is 3.33. The zero-order valence-electron chi connectivity index (χ0n) is 12.4. The van der Waals surface area contributed by atoms with Gasteiger partial charge in [0.05, 0.1) is 12.5 Å². The Labute approximate surface area is 134 Å². The molecule has 116 valence electrons. The van der Waals surface area contributed by atoms with Crippen LogP contribution < -0.4 is 11.1 Å². The van der Waals surface area contributed by atoms with Crippen LogP contribution in [0.3, 0.4) is 0 Å². The number of benzene rings is 1. The van der Waals surface area contributed by atoms with Gasteiger partial charge in [-0.15, -0.1) is 0 Å². The Balaban J connectivity index is 2.13. The zero-order valence-corrected chi connectivity index (χ0v) is 14.0. The highest BCUT2D eigenvalue weighted by Gasteiger charge is 2.27. The van der Waals surface area contributed by atoms with E-state index in [0.29, 0.717) is 6.61 Å². The molecule has 1 aliphatic carbocycles. The molecule has 2 rings (SSSR count). The molecule has 4 nitrogen and oxygen atoms in total. The summed E-state index contributed by atoms with van der Waals surface area (Å²) in [6.07, 6.45) is 5.18. The van der Waals surface area contributed by atoms with E-state index in [2.05, 4.69) is 21.2 Å². The maximum absolute atomic E-state index is 12.6. The Hall–Kier alpha value is -0.910. The Morgan fingerprint density at radius 2 is 2.14 bits per heavy atom. The zero-order chi connectivity index (χ0) is 15.2. The summed E-state index contributed by atoms with van der Waals surface area (Å²) in [5, 5.41) is 3.04. The van der Waals surface area contributed by atoms with E-state index < -0.39 is 0 Å². The third-order valence-electron chi connectivity index (χ3n) is 4.07. The third kappa shape index (κ3) is 4.28. The lowest BCUT2D eigenvalue weighted by Crippen LogP contribution is -2.38. The molecular formula is C16H23BrN2O2. The number of ether oxygens (including phenoxy) is 1. The molecule has 1 aliphatic rings. The van der Waals surface area contributed by atoms with E-state index in [9.17, 15) is 4.79 Å². The molecule has 1 amide bonds. The van der Waals surface area contributed by atoms with Crippen molar-refractivity contribution < 1.29 is 9.53 Å². The average molecular weight is 355 g/mol. The monoisotopic (exact) mass is 354 g/mol. The summed E-state index contributed by atoms with van der Waals surface area (Å²) < 4.78 is 6.15. The number of nitrogens with two attached hydrogens (primary N) is 1. The highest BCUT2D eigenvalue weighted by molar-refractivity contribution is 9.10. The minimum absolute atomic E-state index is 0.0276. The summed E-state index contributed by atoms with van der Waals surface area (Å²) >= 11 is 3.50. The fourth-order valence-electron chi connectivity index (χ4n) is 2.85. The topological polar surface area (TPSA) is 64.3 Å². The second-order valence-electron chi connectivity index (χ2n) is 5.60. The summed E-state index contributed by atoms with van der Waals surface area (Å²) in [5.41, 5.74) is 7.92. The number of anilines is 1. The number of carbonyl (C=O) groups excluding carboxylic acids is 1. The second-order valence-corrected chi connectivity index (χ2v) is 6.45. The number of rotatable bonds is 4. The SMILES string of the molecule is COCc1c(Br)cccc1NC(=O)C1CCCCCC1N. The smallest absolute Gasteiger partial charge is 0.229 e. The van der Waals surface area contributed by atoms with Gasteiger partial charge in [-0.3, -0.25) is 4.79 Å². The van der Waals surface area contributed by atoms with Gasteiger partial charge < -0.3 is 15.8 Å². The first kappa shape index (κ1) is 16.5. The number of halogens is 1. The summed E-state index contributed by atoms with van der Waals surface area (Å²) in [6, 6.07) is 5.72. The summed E-state index contributed by atoms with van der Waals surface area (Å²) in [7, 11) is 1.65. The van der Waals surface area contributed by atoms with E-state index in [0.717, 1.165) is 41.4 Å². The van der Waals surface area contributed by atoms with Crippen molar-refractivity contribution in [1.29, 1.82) is 0 Å². The quantitative estimate of drug-likeness (QED) is 0.814. The molecule has 3 N–H and O–H groups in total. The second kappa shape index (κ2) is 7.92. The van der Waals surface area contributed by atoms with E-state index in [1.807, 2.05) is 18.2 Å². The first-order valence-corrected chi connectivity index (χ1v) is 8.25. The maximum Gasteiger partial charge on any atom is 0.229 e. The maximum atomic E-state index is 12.6. The Bertz CT molecular complexity index is 493. The first-order chi connectivity index (χ1) is 10.1. The molecule has 1 saturated carbocycles. The van der Waals surface area contributed by atoms with Gasteiger partial charge in [-0.1, -0.05) is 41.3 Å². The Morgan fingerprint density at radius 1 is 1.38 bits per heavy atom. The van der Waals surface area contributed by atoms with Gasteiger partial charge in [0, 0.05) is 28.9 Å². The summed E-state index contributed by atoms with van der Waals surface area (Å²) in [6.45, 7) is 0.452. The normalized spacial score (nSPS) is 22.6. The fraction of sp³-hybridized carbons (Fsp3) is 0.562. The van der Waals surface area contributed by atoms with Crippen LogP contribution in [0.15, 0.2) is 22.7 Å². The molecule has 2 atom stereocenters. The lowest BCUT2D eigenvalue weighted by Gasteiger charge is -2.21. The van der Waals surface area contributed by atoms with Gasteiger partial charge >= 0.3 is 0 Å². The van der Waals surface area contributed by atoms with Gasteiger partial charge in [0.25, 0.3) is 0 Å². The predicted molar refractivity (Wildman–Crippen MR) is 88.0 cm³/mol. The number of nitrogens with one attached hydrogen (secondary N) is 1. The van der Waals surface area contributed by atoms with E-state index in [4.69, 9.17) is 10.5 Å². The van der Waals surface area contributed by atoms with Crippen molar-refractivity contribution in [3.8, 4) is 0 Å². The molecule has 2 unspecified atom stereocenters. The van der Waals surface area contributed by atoms with Crippen LogP contribution in [0.1, 0.15) is 37.7 Å². The van der Waals surface area contributed by atoms with Crippen LogP contribution in [-0.4, -0.2) is 19.1 Å². The van der Waals surface area contributed by atoms with Crippen molar-refractivity contribution in [1.82, 2.24) is 0 Å².